The molecule has 1 aliphatic rings. The number of thioether (sulfide) groups is 1. The van der Waals surface area contributed by atoms with Crippen molar-refractivity contribution >= 4 is 17.7 Å². The topological polar surface area (TPSA) is 59.8 Å². The number of rotatable bonds is 11. The molecule has 3 rings (SSSR count). The Hall–Kier alpha value is -2.34. The Kier molecular flexibility index (Phi) is 9.15. The maximum atomic E-state index is 12.0. The van der Waals surface area contributed by atoms with Crippen molar-refractivity contribution in [3.8, 4) is 5.69 Å². The van der Waals surface area contributed by atoms with Crippen LogP contribution in [0.5, 0.6) is 0 Å². The molecule has 0 spiro atoms. The highest BCUT2D eigenvalue weighted by atomic mass is 32.2. The predicted molar refractivity (Wildman–Crippen MR) is 133 cm³/mol. The number of aryl methyl sites for hydroxylation is 1. The fourth-order valence-corrected chi connectivity index (χ4v) is 4.93. The average molecular weight is 453 g/mol. The van der Waals surface area contributed by atoms with Crippen LogP contribution in [0, 0.1) is 11.8 Å². The second-order valence-corrected chi connectivity index (χ2v) is 10.1. The third-order valence-corrected chi connectivity index (χ3v) is 6.46. The summed E-state index contributed by atoms with van der Waals surface area (Å²) in [5.74, 6) is 3.10. The SMILES string of the molecule is CC1=CC(C)CC(CSc2nnc(CCCCC(=O)NCC(C)C)n2-c2ccccc2)=C1. The van der Waals surface area contributed by atoms with Crippen LogP contribution in [0.1, 0.15) is 59.2 Å². The maximum absolute atomic E-state index is 12.0. The highest BCUT2D eigenvalue weighted by molar-refractivity contribution is 7.99. The second kappa shape index (κ2) is 12.0. The Morgan fingerprint density at radius 2 is 2.00 bits per heavy atom. The zero-order valence-corrected chi connectivity index (χ0v) is 20.6. The van der Waals surface area contributed by atoms with Gasteiger partial charge in [-0.3, -0.25) is 9.36 Å². The molecule has 1 atom stereocenters. The number of carbonyl (C=O) groups excluding carboxylic acids is 1. The highest BCUT2D eigenvalue weighted by Gasteiger charge is 2.16. The van der Waals surface area contributed by atoms with E-state index in [9.17, 15) is 4.79 Å². The molecule has 32 heavy (non-hydrogen) atoms. The van der Waals surface area contributed by atoms with Gasteiger partial charge in [-0.1, -0.05) is 74.0 Å². The molecule has 0 saturated carbocycles. The van der Waals surface area contributed by atoms with E-state index in [1.807, 2.05) is 18.2 Å². The third-order valence-electron chi connectivity index (χ3n) is 5.43. The van der Waals surface area contributed by atoms with Crippen molar-refractivity contribution in [2.45, 2.75) is 65.0 Å². The first kappa shape index (κ1) is 24.3. The molecule has 0 radical (unpaired) electrons. The lowest BCUT2D eigenvalue weighted by Crippen LogP contribution is -2.26. The molecular formula is C26H36N4OS. The van der Waals surface area contributed by atoms with Crippen LogP contribution in [-0.2, 0) is 11.2 Å². The van der Waals surface area contributed by atoms with Crippen LogP contribution in [0.4, 0.5) is 0 Å². The van der Waals surface area contributed by atoms with Gasteiger partial charge in [0.25, 0.3) is 0 Å². The summed E-state index contributed by atoms with van der Waals surface area (Å²) in [5, 5.41) is 13.0. The number of nitrogens with zero attached hydrogens (tertiary/aromatic N) is 3. The molecular weight excluding hydrogens is 416 g/mol. The molecule has 1 N–H and O–H groups in total. The molecule has 0 bridgehead atoms. The van der Waals surface area contributed by atoms with E-state index >= 15 is 0 Å². The normalized spacial score (nSPS) is 16.1. The fourth-order valence-electron chi connectivity index (χ4n) is 3.98. The number of unbranched alkanes of at least 4 members (excludes halogenated alkanes) is 1. The van der Waals surface area contributed by atoms with Gasteiger partial charge in [-0.2, -0.15) is 0 Å². The molecule has 0 aliphatic heterocycles. The van der Waals surface area contributed by atoms with Gasteiger partial charge in [0, 0.05) is 30.8 Å². The quantitative estimate of drug-likeness (QED) is 0.348. The Balaban J connectivity index is 1.63. The molecule has 2 aromatic rings. The molecule has 1 amide bonds. The summed E-state index contributed by atoms with van der Waals surface area (Å²) in [6.07, 6.45) is 8.88. The average Bonchev–Trinajstić information content (AvgIpc) is 3.16. The second-order valence-electron chi connectivity index (χ2n) is 9.16. The van der Waals surface area contributed by atoms with Crippen LogP contribution in [0.2, 0.25) is 0 Å². The van der Waals surface area contributed by atoms with Crippen LogP contribution < -0.4 is 5.32 Å². The highest BCUT2D eigenvalue weighted by Crippen LogP contribution is 2.29. The first-order valence-corrected chi connectivity index (χ1v) is 12.7. The van der Waals surface area contributed by atoms with Gasteiger partial charge < -0.3 is 5.32 Å². The van der Waals surface area contributed by atoms with Crippen molar-refractivity contribution in [1.82, 2.24) is 20.1 Å². The van der Waals surface area contributed by atoms with Gasteiger partial charge in [0.2, 0.25) is 5.91 Å². The van der Waals surface area contributed by atoms with E-state index in [4.69, 9.17) is 0 Å². The lowest BCUT2D eigenvalue weighted by molar-refractivity contribution is -0.121. The number of nitrogens with one attached hydrogen (secondary N) is 1. The zero-order valence-electron chi connectivity index (χ0n) is 19.8. The zero-order chi connectivity index (χ0) is 22.9. The van der Waals surface area contributed by atoms with E-state index < -0.39 is 0 Å². The largest absolute Gasteiger partial charge is 0.356 e. The number of hydrogen-bond donors (Lipinski definition) is 1. The number of allylic oxidation sites excluding steroid dienone is 3. The molecule has 1 aromatic carbocycles. The number of carbonyl (C=O) groups is 1. The lowest BCUT2D eigenvalue weighted by atomic mass is 9.93. The van der Waals surface area contributed by atoms with Gasteiger partial charge >= 0.3 is 0 Å². The minimum absolute atomic E-state index is 0.138. The molecule has 1 heterocycles. The van der Waals surface area contributed by atoms with Crippen LogP contribution >= 0.6 is 11.8 Å². The number of aromatic nitrogens is 3. The van der Waals surface area contributed by atoms with E-state index in [1.165, 1.54) is 11.1 Å². The standard InChI is InChI=1S/C26H36N4OS/c1-19(2)17-27-25(31)13-9-8-12-24-28-29-26(30(24)23-10-6-5-7-11-23)32-18-22-15-20(3)14-21(4)16-22/h5-7,10-11,14-15,19,21H,8-9,12-13,16-18H2,1-4H3,(H,27,31). The summed E-state index contributed by atoms with van der Waals surface area (Å²) >= 11 is 1.76. The molecule has 0 saturated heterocycles. The molecule has 0 fully saturated rings. The molecule has 6 heteroatoms. The van der Waals surface area contributed by atoms with Crippen molar-refractivity contribution in [2.24, 2.45) is 11.8 Å². The van der Waals surface area contributed by atoms with E-state index in [0.717, 1.165) is 54.6 Å². The van der Waals surface area contributed by atoms with Gasteiger partial charge in [-0.05, 0) is 50.2 Å². The van der Waals surface area contributed by atoms with Gasteiger partial charge in [-0.25, -0.2) is 0 Å². The smallest absolute Gasteiger partial charge is 0.220 e. The fraction of sp³-hybridized carbons (Fsp3) is 0.500. The Labute approximate surface area is 196 Å². The van der Waals surface area contributed by atoms with Crippen molar-refractivity contribution in [2.75, 3.05) is 12.3 Å². The van der Waals surface area contributed by atoms with Gasteiger partial charge in [0.05, 0.1) is 0 Å². The Morgan fingerprint density at radius 1 is 1.22 bits per heavy atom. The van der Waals surface area contributed by atoms with Crippen LogP contribution in [-0.4, -0.2) is 33.0 Å². The van der Waals surface area contributed by atoms with E-state index in [1.54, 1.807) is 11.8 Å². The monoisotopic (exact) mass is 452 g/mol. The first-order valence-electron chi connectivity index (χ1n) is 11.7. The Bertz CT molecular complexity index is 946. The maximum Gasteiger partial charge on any atom is 0.220 e. The summed E-state index contributed by atoms with van der Waals surface area (Å²) in [5.41, 5.74) is 3.90. The number of benzene rings is 1. The van der Waals surface area contributed by atoms with Crippen LogP contribution in [0.15, 0.2) is 58.8 Å². The number of amides is 1. The molecule has 1 aliphatic carbocycles. The number of hydrogen-bond acceptors (Lipinski definition) is 4. The minimum Gasteiger partial charge on any atom is -0.356 e. The van der Waals surface area contributed by atoms with Gasteiger partial charge in [-0.15, -0.1) is 10.2 Å². The third kappa shape index (κ3) is 7.37. The molecule has 5 nitrogen and oxygen atoms in total. The molecule has 1 aromatic heterocycles. The van der Waals surface area contributed by atoms with Crippen molar-refractivity contribution in [3.05, 3.63) is 59.5 Å². The lowest BCUT2D eigenvalue weighted by Gasteiger charge is -2.17. The van der Waals surface area contributed by atoms with Crippen molar-refractivity contribution < 1.29 is 4.79 Å². The first-order chi connectivity index (χ1) is 15.4. The predicted octanol–water partition coefficient (Wildman–Crippen LogP) is 5.76. The molecule has 172 valence electrons. The van der Waals surface area contributed by atoms with Crippen molar-refractivity contribution in [3.63, 3.8) is 0 Å². The van der Waals surface area contributed by atoms with Gasteiger partial charge in [0.15, 0.2) is 5.16 Å². The van der Waals surface area contributed by atoms with Crippen molar-refractivity contribution in [1.29, 1.82) is 0 Å². The van der Waals surface area contributed by atoms with Gasteiger partial charge in [0.1, 0.15) is 5.82 Å². The Morgan fingerprint density at radius 3 is 2.72 bits per heavy atom. The summed E-state index contributed by atoms with van der Waals surface area (Å²) < 4.78 is 2.18. The van der Waals surface area contributed by atoms with Crippen LogP contribution in [0.3, 0.4) is 0 Å². The summed E-state index contributed by atoms with van der Waals surface area (Å²) in [6, 6.07) is 10.3. The van der Waals surface area contributed by atoms with E-state index in [-0.39, 0.29) is 5.91 Å². The van der Waals surface area contributed by atoms with Crippen LogP contribution in [0.25, 0.3) is 5.69 Å². The van der Waals surface area contributed by atoms with E-state index in [0.29, 0.717) is 18.3 Å². The summed E-state index contributed by atoms with van der Waals surface area (Å²) in [7, 11) is 0. The van der Waals surface area contributed by atoms with E-state index in [2.05, 4.69) is 72.1 Å². The summed E-state index contributed by atoms with van der Waals surface area (Å²) in [6.45, 7) is 9.40. The minimum atomic E-state index is 0.138. The summed E-state index contributed by atoms with van der Waals surface area (Å²) in [4.78, 5) is 12.0. The number of para-hydroxylation sites is 1. The molecule has 1 unspecified atom stereocenters.